The molecule has 0 saturated heterocycles. The number of primary amides is 1. The maximum Gasteiger partial charge on any atom is 0.254 e. The molecule has 2 aromatic carbocycles. The molecule has 148 valence electrons. The molecule has 3 aromatic rings. The first-order chi connectivity index (χ1) is 14.1. The van der Waals surface area contributed by atoms with E-state index in [9.17, 15) is 14.7 Å². The molecule has 0 saturated carbocycles. The quantitative estimate of drug-likeness (QED) is 0.351. The van der Waals surface area contributed by atoms with Crippen LogP contribution in [0.1, 0.15) is 22.0 Å². The summed E-state index contributed by atoms with van der Waals surface area (Å²) in [6.07, 6.45) is 1.89. The van der Waals surface area contributed by atoms with E-state index in [2.05, 4.69) is 25.9 Å². The Hall–Kier alpha value is -3.98. The lowest BCUT2D eigenvalue weighted by molar-refractivity contribution is -0.105. The van der Waals surface area contributed by atoms with Crippen molar-refractivity contribution in [2.24, 2.45) is 5.73 Å². The van der Waals surface area contributed by atoms with E-state index < -0.39 is 11.9 Å². The molecular weight excluding hydrogens is 372 g/mol. The van der Waals surface area contributed by atoms with E-state index in [0.29, 0.717) is 17.8 Å². The SMILES string of the molecule is NC(=O)c1cnc(Nc2cccc(NC=O)c2)nc1NC(CO)c1ccccc1. The van der Waals surface area contributed by atoms with Gasteiger partial charge in [0.2, 0.25) is 12.4 Å². The number of carbonyl (C=O) groups is 2. The molecule has 0 aliphatic rings. The molecule has 1 unspecified atom stereocenters. The number of carbonyl (C=O) groups excluding carboxylic acids is 2. The lowest BCUT2D eigenvalue weighted by atomic mass is 10.1. The Morgan fingerprint density at radius 3 is 2.59 bits per heavy atom. The van der Waals surface area contributed by atoms with Crippen LogP contribution in [0.5, 0.6) is 0 Å². The summed E-state index contributed by atoms with van der Waals surface area (Å²) in [6.45, 7) is -0.214. The predicted molar refractivity (Wildman–Crippen MR) is 110 cm³/mol. The smallest absolute Gasteiger partial charge is 0.254 e. The summed E-state index contributed by atoms with van der Waals surface area (Å²) in [4.78, 5) is 30.9. The van der Waals surface area contributed by atoms with Crippen LogP contribution in [0.4, 0.5) is 23.1 Å². The number of hydrogen-bond acceptors (Lipinski definition) is 7. The molecule has 0 radical (unpaired) electrons. The fraction of sp³-hybridized carbons (Fsp3) is 0.100. The Kier molecular flexibility index (Phi) is 6.33. The van der Waals surface area contributed by atoms with Crippen molar-refractivity contribution in [2.75, 3.05) is 22.6 Å². The number of anilines is 4. The maximum atomic E-state index is 11.8. The Bertz CT molecular complexity index is 997. The van der Waals surface area contributed by atoms with Gasteiger partial charge >= 0.3 is 0 Å². The lowest BCUT2D eigenvalue weighted by Gasteiger charge is -2.19. The van der Waals surface area contributed by atoms with Crippen LogP contribution in [0.3, 0.4) is 0 Å². The average molecular weight is 392 g/mol. The summed E-state index contributed by atoms with van der Waals surface area (Å²) >= 11 is 0. The molecule has 2 amide bonds. The average Bonchev–Trinajstić information content (AvgIpc) is 2.73. The highest BCUT2D eigenvalue weighted by atomic mass is 16.3. The number of aromatic nitrogens is 2. The molecule has 0 aliphatic heterocycles. The molecule has 6 N–H and O–H groups in total. The van der Waals surface area contributed by atoms with Crippen molar-refractivity contribution in [1.82, 2.24) is 9.97 Å². The number of amides is 2. The highest BCUT2D eigenvalue weighted by Crippen LogP contribution is 2.23. The van der Waals surface area contributed by atoms with Crippen molar-refractivity contribution in [3.63, 3.8) is 0 Å². The standard InChI is InChI=1S/C20H20N6O3/c21-18(29)16-10-22-20(24-15-8-4-7-14(9-15)23-12-28)26-19(16)25-17(11-27)13-5-2-1-3-6-13/h1-10,12,17,27H,11H2,(H2,21,29)(H,23,28)(H2,22,24,25,26). The second-order valence-electron chi connectivity index (χ2n) is 6.08. The molecule has 0 fully saturated rings. The summed E-state index contributed by atoms with van der Waals surface area (Å²) in [5.74, 6) is -0.286. The van der Waals surface area contributed by atoms with E-state index >= 15 is 0 Å². The fourth-order valence-corrected chi connectivity index (χ4v) is 2.70. The van der Waals surface area contributed by atoms with Crippen LogP contribution < -0.4 is 21.7 Å². The highest BCUT2D eigenvalue weighted by Gasteiger charge is 2.17. The van der Waals surface area contributed by atoms with Gasteiger partial charge in [-0.2, -0.15) is 4.98 Å². The van der Waals surface area contributed by atoms with E-state index in [4.69, 9.17) is 5.73 Å². The van der Waals surface area contributed by atoms with Gasteiger partial charge in [0.1, 0.15) is 5.82 Å². The molecule has 29 heavy (non-hydrogen) atoms. The van der Waals surface area contributed by atoms with Gasteiger partial charge in [-0.3, -0.25) is 9.59 Å². The first-order valence-electron chi connectivity index (χ1n) is 8.77. The minimum absolute atomic E-state index is 0.0984. The van der Waals surface area contributed by atoms with Crippen LogP contribution in [-0.4, -0.2) is 34.0 Å². The Morgan fingerprint density at radius 2 is 1.90 bits per heavy atom. The van der Waals surface area contributed by atoms with Gasteiger partial charge in [-0.1, -0.05) is 36.4 Å². The van der Waals surface area contributed by atoms with Gasteiger partial charge < -0.3 is 26.8 Å². The van der Waals surface area contributed by atoms with Crippen molar-refractivity contribution in [1.29, 1.82) is 0 Å². The number of benzene rings is 2. The minimum atomic E-state index is -0.694. The molecule has 1 aromatic heterocycles. The van der Waals surface area contributed by atoms with Crippen molar-refractivity contribution < 1.29 is 14.7 Å². The first-order valence-corrected chi connectivity index (χ1v) is 8.77. The van der Waals surface area contributed by atoms with Gasteiger partial charge in [-0.25, -0.2) is 4.98 Å². The summed E-state index contributed by atoms with van der Waals surface area (Å²) in [6, 6.07) is 15.7. The van der Waals surface area contributed by atoms with Gasteiger partial charge in [0.15, 0.2) is 0 Å². The van der Waals surface area contributed by atoms with Crippen molar-refractivity contribution >= 4 is 35.5 Å². The zero-order valence-electron chi connectivity index (χ0n) is 15.4. The van der Waals surface area contributed by atoms with Crippen molar-refractivity contribution in [2.45, 2.75) is 6.04 Å². The molecule has 9 nitrogen and oxygen atoms in total. The molecule has 3 rings (SSSR count). The van der Waals surface area contributed by atoms with Gasteiger partial charge in [0, 0.05) is 17.6 Å². The van der Waals surface area contributed by atoms with E-state index in [1.807, 2.05) is 30.3 Å². The van der Waals surface area contributed by atoms with E-state index in [1.165, 1.54) is 6.20 Å². The number of hydrogen-bond donors (Lipinski definition) is 5. The van der Waals surface area contributed by atoms with E-state index in [0.717, 1.165) is 5.56 Å². The normalized spacial score (nSPS) is 11.3. The van der Waals surface area contributed by atoms with Gasteiger partial charge in [-0.15, -0.1) is 0 Å². The van der Waals surface area contributed by atoms with Crippen LogP contribution in [0.25, 0.3) is 0 Å². The number of aliphatic hydroxyl groups is 1. The number of rotatable bonds is 9. The maximum absolute atomic E-state index is 11.8. The Balaban J connectivity index is 1.88. The third kappa shape index (κ3) is 5.05. The van der Waals surface area contributed by atoms with Crippen LogP contribution in [0, 0.1) is 0 Å². The van der Waals surface area contributed by atoms with E-state index in [1.54, 1.807) is 24.3 Å². The van der Waals surface area contributed by atoms with Gasteiger partial charge in [0.05, 0.1) is 18.2 Å². The third-order valence-electron chi connectivity index (χ3n) is 4.09. The van der Waals surface area contributed by atoms with Crippen LogP contribution in [0.2, 0.25) is 0 Å². The van der Waals surface area contributed by atoms with Gasteiger partial charge in [-0.05, 0) is 23.8 Å². The Labute approximate surface area is 167 Å². The molecule has 1 atom stereocenters. The summed E-state index contributed by atoms with van der Waals surface area (Å²) < 4.78 is 0. The second kappa shape index (κ2) is 9.29. The monoisotopic (exact) mass is 392 g/mol. The van der Waals surface area contributed by atoms with E-state index in [-0.39, 0.29) is 23.9 Å². The molecular formula is C20H20N6O3. The Morgan fingerprint density at radius 1 is 1.14 bits per heavy atom. The first kappa shape index (κ1) is 19.8. The van der Waals surface area contributed by atoms with Crippen LogP contribution in [0.15, 0.2) is 60.8 Å². The molecule has 0 aliphatic carbocycles. The fourth-order valence-electron chi connectivity index (χ4n) is 2.70. The van der Waals surface area contributed by atoms with Crippen molar-refractivity contribution in [3.05, 3.63) is 71.9 Å². The van der Waals surface area contributed by atoms with Crippen LogP contribution >= 0.6 is 0 Å². The highest BCUT2D eigenvalue weighted by molar-refractivity contribution is 5.97. The minimum Gasteiger partial charge on any atom is -0.394 e. The molecule has 0 spiro atoms. The lowest BCUT2D eigenvalue weighted by Crippen LogP contribution is -2.21. The largest absolute Gasteiger partial charge is 0.394 e. The molecule has 9 heteroatoms. The second-order valence-corrected chi connectivity index (χ2v) is 6.08. The summed E-state index contributed by atoms with van der Waals surface area (Å²) in [5.41, 5.74) is 7.60. The number of aliphatic hydroxyl groups excluding tert-OH is 1. The number of nitrogens with one attached hydrogen (secondary N) is 3. The molecule has 0 bridgehead atoms. The predicted octanol–water partition coefficient (Wildman–Crippen LogP) is 2.03. The third-order valence-corrected chi connectivity index (χ3v) is 4.09. The van der Waals surface area contributed by atoms with Crippen molar-refractivity contribution in [3.8, 4) is 0 Å². The number of nitrogens with zero attached hydrogens (tertiary/aromatic N) is 2. The van der Waals surface area contributed by atoms with Crippen LogP contribution in [-0.2, 0) is 4.79 Å². The molecule has 1 heterocycles. The summed E-state index contributed by atoms with van der Waals surface area (Å²) in [5, 5.41) is 18.4. The van der Waals surface area contributed by atoms with Gasteiger partial charge in [0.25, 0.3) is 5.91 Å². The summed E-state index contributed by atoms with van der Waals surface area (Å²) in [7, 11) is 0. The zero-order valence-corrected chi connectivity index (χ0v) is 15.4. The zero-order chi connectivity index (χ0) is 20.6. The topological polar surface area (TPSA) is 142 Å². The number of nitrogens with two attached hydrogens (primary N) is 1.